The summed E-state index contributed by atoms with van der Waals surface area (Å²) in [6.07, 6.45) is -6.78. The van der Waals surface area contributed by atoms with Gasteiger partial charge in [-0.05, 0) is 12.8 Å². The zero-order chi connectivity index (χ0) is 8.91. The normalized spacial score (nSPS) is 15.0. The maximum Gasteiger partial charge on any atom is 0.414 e. The van der Waals surface area contributed by atoms with Crippen LogP contribution in [0.15, 0.2) is 0 Å². The number of alkyl halides is 3. The maximum atomic E-state index is 11.6. The molecule has 0 amide bonds. The first-order chi connectivity index (χ1) is 4.98. The molecule has 0 unspecified atom stereocenters. The van der Waals surface area contributed by atoms with Crippen molar-refractivity contribution in [1.29, 1.82) is 0 Å². The van der Waals surface area contributed by atoms with Gasteiger partial charge in [-0.15, -0.1) is 0 Å². The molecule has 5 heteroatoms. The molecule has 2 nitrogen and oxygen atoms in total. The number of methoxy groups -OCH3 is 1. The van der Waals surface area contributed by atoms with Crippen molar-refractivity contribution in [3.63, 3.8) is 0 Å². The van der Waals surface area contributed by atoms with Crippen molar-refractivity contribution in [2.45, 2.75) is 25.1 Å². The fourth-order valence-corrected chi connectivity index (χ4v) is 0.585. The largest absolute Gasteiger partial charge is 0.414 e. The number of halogens is 3. The summed E-state index contributed by atoms with van der Waals surface area (Å²) in [5, 5.41) is 8.43. The SMILES string of the molecule is COCCC[C@@H](O)C(F)(F)F. The minimum absolute atomic E-state index is 0.219. The molecule has 0 heterocycles. The van der Waals surface area contributed by atoms with E-state index in [0.717, 1.165) is 0 Å². The van der Waals surface area contributed by atoms with Crippen molar-refractivity contribution in [1.82, 2.24) is 0 Å². The molecule has 0 aliphatic heterocycles. The van der Waals surface area contributed by atoms with Crippen LogP contribution in [0.2, 0.25) is 0 Å². The molecule has 1 atom stereocenters. The monoisotopic (exact) mass is 172 g/mol. The first-order valence-electron chi connectivity index (χ1n) is 3.22. The lowest BCUT2D eigenvalue weighted by Gasteiger charge is -2.13. The molecule has 0 spiro atoms. The molecule has 68 valence electrons. The van der Waals surface area contributed by atoms with Gasteiger partial charge in [-0.25, -0.2) is 0 Å². The summed E-state index contributed by atoms with van der Waals surface area (Å²) in [6, 6.07) is 0. The van der Waals surface area contributed by atoms with Gasteiger partial charge in [-0.1, -0.05) is 0 Å². The number of aliphatic hydroxyl groups is 1. The summed E-state index contributed by atoms with van der Waals surface area (Å²) >= 11 is 0. The Hall–Kier alpha value is -0.290. The van der Waals surface area contributed by atoms with Crippen LogP contribution in [-0.4, -0.2) is 31.1 Å². The maximum absolute atomic E-state index is 11.6. The quantitative estimate of drug-likeness (QED) is 0.648. The van der Waals surface area contributed by atoms with E-state index in [0.29, 0.717) is 0 Å². The highest BCUT2D eigenvalue weighted by Crippen LogP contribution is 2.22. The molecule has 0 aliphatic rings. The zero-order valence-electron chi connectivity index (χ0n) is 6.19. The van der Waals surface area contributed by atoms with Gasteiger partial charge in [0.05, 0.1) is 0 Å². The number of hydrogen-bond acceptors (Lipinski definition) is 2. The van der Waals surface area contributed by atoms with E-state index in [-0.39, 0.29) is 19.4 Å². The van der Waals surface area contributed by atoms with Gasteiger partial charge < -0.3 is 9.84 Å². The Balaban J connectivity index is 3.44. The molecule has 0 aromatic rings. The van der Waals surface area contributed by atoms with Gasteiger partial charge in [0.25, 0.3) is 0 Å². The second-order valence-electron chi connectivity index (χ2n) is 2.19. The zero-order valence-corrected chi connectivity index (χ0v) is 6.19. The second kappa shape index (κ2) is 4.56. The van der Waals surface area contributed by atoms with Crippen LogP contribution in [0.3, 0.4) is 0 Å². The Morgan fingerprint density at radius 3 is 2.36 bits per heavy atom. The van der Waals surface area contributed by atoms with E-state index in [1.54, 1.807) is 0 Å². The summed E-state index contributed by atoms with van der Waals surface area (Å²) in [5.74, 6) is 0. The molecule has 0 saturated carbocycles. The molecule has 0 radical (unpaired) electrons. The van der Waals surface area contributed by atoms with E-state index < -0.39 is 12.3 Å². The third kappa shape index (κ3) is 5.03. The lowest BCUT2D eigenvalue weighted by Crippen LogP contribution is -2.28. The Morgan fingerprint density at radius 2 is 2.00 bits per heavy atom. The minimum Gasteiger partial charge on any atom is -0.385 e. The highest BCUT2D eigenvalue weighted by molar-refractivity contribution is 4.64. The molecular formula is C6H11F3O2. The predicted octanol–water partition coefficient (Wildman–Crippen LogP) is 1.34. The van der Waals surface area contributed by atoms with E-state index in [9.17, 15) is 13.2 Å². The summed E-state index contributed by atoms with van der Waals surface area (Å²) < 4.78 is 39.3. The average molecular weight is 172 g/mol. The summed E-state index contributed by atoms with van der Waals surface area (Å²) in [7, 11) is 1.40. The van der Waals surface area contributed by atoms with Crippen LogP contribution in [-0.2, 0) is 4.74 Å². The van der Waals surface area contributed by atoms with Crippen LogP contribution in [0, 0.1) is 0 Å². The van der Waals surface area contributed by atoms with E-state index >= 15 is 0 Å². The average Bonchev–Trinajstić information content (AvgIpc) is 1.86. The van der Waals surface area contributed by atoms with Crippen LogP contribution < -0.4 is 0 Å². The molecule has 0 bridgehead atoms. The lowest BCUT2D eigenvalue weighted by molar-refractivity contribution is -0.206. The van der Waals surface area contributed by atoms with Gasteiger partial charge in [0.2, 0.25) is 0 Å². The third-order valence-corrected chi connectivity index (χ3v) is 1.20. The second-order valence-corrected chi connectivity index (χ2v) is 2.19. The number of aliphatic hydroxyl groups excluding tert-OH is 1. The van der Waals surface area contributed by atoms with Crippen LogP contribution in [0.4, 0.5) is 13.2 Å². The van der Waals surface area contributed by atoms with Gasteiger partial charge in [-0.2, -0.15) is 13.2 Å². The van der Waals surface area contributed by atoms with Crippen molar-refractivity contribution in [3.05, 3.63) is 0 Å². The summed E-state index contributed by atoms with van der Waals surface area (Å²) in [6.45, 7) is 0.243. The van der Waals surface area contributed by atoms with Crippen molar-refractivity contribution < 1.29 is 23.0 Å². The Kier molecular flexibility index (Phi) is 4.44. The summed E-state index contributed by atoms with van der Waals surface area (Å²) in [4.78, 5) is 0. The van der Waals surface area contributed by atoms with Crippen LogP contribution in [0.25, 0.3) is 0 Å². The first-order valence-corrected chi connectivity index (χ1v) is 3.22. The van der Waals surface area contributed by atoms with Crippen LogP contribution >= 0.6 is 0 Å². The smallest absolute Gasteiger partial charge is 0.385 e. The van der Waals surface area contributed by atoms with Gasteiger partial charge >= 0.3 is 6.18 Å². The topological polar surface area (TPSA) is 29.5 Å². The van der Waals surface area contributed by atoms with Crippen molar-refractivity contribution >= 4 is 0 Å². The molecule has 0 rings (SSSR count). The van der Waals surface area contributed by atoms with Gasteiger partial charge in [0.15, 0.2) is 0 Å². The fourth-order valence-electron chi connectivity index (χ4n) is 0.585. The lowest BCUT2D eigenvalue weighted by atomic mass is 10.2. The Bertz CT molecular complexity index is 102. The molecule has 0 aliphatic carbocycles. The third-order valence-electron chi connectivity index (χ3n) is 1.20. The Labute approximate surface area is 63.0 Å². The molecule has 0 saturated heterocycles. The highest BCUT2D eigenvalue weighted by atomic mass is 19.4. The van der Waals surface area contributed by atoms with Gasteiger partial charge in [-0.3, -0.25) is 0 Å². The fraction of sp³-hybridized carbons (Fsp3) is 1.00. The number of rotatable bonds is 4. The number of hydrogen-bond donors (Lipinski definition) is 1. The van der Waals surface area contributed by atoms with E-state index in [2.05, 4.69) is 4.74 Å². The summed E-state index contributed by atoms with van der Waals surface area (Å²) in [5.41, 5.74) is 0. The van der Waals surface area contributed by atoms with E-state index in [4.69, 9.17) is 5.11 Å². The highest BCUT2D eigenvalue weighted by Gasteiger charge is 2.37. The van der Waals surface area contributed by atoms with Crippen molar-refractivity contribution in [2.24, 2.45) is 0 Å². The first kappa shape index (κ1) is 10.7. The van der Waals surface area contributed by atoms with Crippen LogP contribution in [0.1, 0.15) is 12.8 Å². The standard InChI is InChI=1S/C6H11F3O2/c1-11-4-2-3-5(10)6(7,8)9/h5,10H,2-4H2,1H3/t5-/m1/s1. The van der Waals surface area contributed by atoms with Gasteiger partial charge in [0, 0.05) is 13.7 Å². The minimum atomic E-state index is -4.49. The molecular weight excluding hydrogens is 161 g/mol. The van der Waals surface area contributed by atoms with Crippen LogP contribution in [0.5, 0.6) is 0 Å². The van der Waals surface area contributed by atoms with Crippen molar-refractivity contribution in [3.8, 4) is 0 Å². The van der Waals surface area contributed by atoms with E-state index in [1.165, 1.54) is 7.11 Å². The predicted molar refractivity (Wildman–Crippen MR) is 33.2 cm³/mol. The van der Waals surface area contributed by atoms with E-state index in [1.807, 2.05) is 0 Å². The molecule has 0 fully saturated rings. The molecule has 11 heavy (non-hydrogen) atoms. The van der Waals surface area contributed by atoms with Crippen molar-refractivity contribution in [2.75, 3.05) is 13.7 Å². The Morgan fingerprint density at radius 1 is 1.45 bits per heavy atom. The molecule has 1 N–H and O–H groups in total. The van der Waals surface area contributed by atoms with Gasteiger partial charge in [0.1, 0.15) is 6.10 Å². The molecule has 0 aromatic carbocycles. The molecule has 0 aromatic heterocycles. The number of ether oxygens (including phenoxy) is 1.